The van der Waals surface area contributed by atoms with Gasteiger partial charge in [-0.05, 0) is 67.1 Å². The van der Waals surface area contributed by atoms with Crippen molar-refractivity contribution < 1.29 is 4.74 Å². The molecule has 4 heteroatoms. The molecule has 3 heterocycles. The number of likely N-dealkylation sites (tertiary alicyclic amines) is 1. The number of fused-ring (bicyclic) bond motifs is 2. The number of nitrogens with zero attached hydrogens (tertiary/aromatic N) is 2. The Balaban J connectivity index is 1.56. The van der Waals surface area contributed by atoms with Crippen LogP contribution in [-0.2, 0) is 23.3 Å². The van der Waals surface area contributed by atoms with Crippen LogP contribution in [0, 0.1) is 0 Å². The number of rotatable bonds is 2. The highest BCUT2D eigenvalue weighted by Crippen LogP contribution is 2.44. The number of hydrogen-bond donors (Lipinski definition) is 0. The molecule has 3 nitrogen and oxygen atoms in total. The first-order chi connectivity index (χ1) is 11.7. The lowest BCUT2D eigenvalue weighted by Gasteiger charge is -2.48. The standard InChI is InChI=1S/C20H23ClN2O/c1-15-13-20(7-10-23(15)14-16-4-8-22-9-5-16)19-12-18(21)3-2-17(19)6-11-24-20/h2-5,8-9,12,15H,6-7,10-11,13-14H2,1H3/t15-,20?/m0/s1. The van der Waals surface area contributed by atoms with Crippen molar-refractivity contribution in [2.75, 3.05) is 13.2 Å². The zero-order chi connectivity index (χ0) is 16.6. The van der Waals surface area contributed by atoms with E-state index in [-0.39, 0.29) is 5.60 Å². The Bertz CT molecular complexity index is 721. The zero-order valence-electron chi connectivity index (χ0n) is 14.0. The van der Waals surface area contributed by atoms with Gasteiger partial charge in [0.2, 0.25) is 0 Å². The predicted octanol–water partition coefficient (Wildman–Crippen LogP) is 4.19. The molecule has 2 aromatic rings. The number of pyridine rings is 1. The number of hydrogen-bond acceptors (Lipinski definition) is 3. The lowest BCUT2D eigenvalue weighted by atomic mass is 9.77. The molecule has 4 rings (SSSR count). The van der Waals surface area contributed by atoms with Crippen molar-refractivity contribution in [1.82, 2.24) is 9.88 Å². The molecule has 0 N–H and O–H groups in total. The molecule has 1 unspecified atom stereocenters. The summed E-state index contributed by atoms with van der Waals surface area (Å²) in [7, 11) is 0. The van der Waals surface area contributed by atoms with Gasteiger partial charge in [0.15, 0.2) is 0 Å². The second kappa shape index (κ2) is 6.47. The lowest BCUT2D eigenvalue weighted by Crippen LogP contribution is -2.50. The van der Waals surface area contributed by atoms with E-state index in [0.29, 0.717) is 6.04 Å². The van der Waals surface area contributed by atoms with Gasteiger partial charge in [-0.1, -0.05) is 17.7 Å². The molecule has 0 amide bonds. The van der Waals surface area contributed by atoms with Crippen molar-refractivity contribution >= 4 is 11.6 Å². The summed E-state index contributed by atoms with van der Waals surface area (Å²) in [5.41, 5.74) is 3.88. The first-order valence-electron chi connectivity index (χ1n) is 8.72. The maximum atomic E-state index is 6.36. The summed E-state index contributed by atoms with van der Waals surface area (Å²) >= 11 is 6.28. The Morgan fingerprint density at radius 1 is 1.29 bits per heavy atom. The normalized spacial score (nSPS) is 27.2. The number of aromatic nitrogens is 1. The minimum atomic E-state index is -0.160. The minimum Gasteiger partial charge on any atom is -0.370 e. The third-order valence-electron chi connectivity index (χ3n) is 5.50. The van der Waals surface area contributed by atoms with Gasteiger partial charge >= 0.3 is 0 Å². The van der Waals surface area contributed by atoms with Crippen molar-refractivity contribution in [3.8, 4) is 0 Å². The Kier molecular flexibility index (Phi) is 4.33. The molecule has 1 aromatic heterocycles. The highest BCUT2D eigenvalue weighted by atomic mass is 35.5. The van der Waals surface area contributed by atoms with E-state index in [1.165, 1.54) is 16.7 Å². The molecule has 1 fully saturated rings. The molecule has 2 aliphatic rings. The summed E-state index contributed by atoms with van der Waals surface area (Å²) in [6.45, 7) is 5.13. The average molecular weight is 343 g/mol. The van der Waals surface area contributed by atoms with Crippen LogP contribution in [-0.4, -0.2) is 29.1 Å². The second-order valence-electron chi connectivity index (χ2n) is 7.02. The third-order valence-corrected chi connectivity index (χ3v) is 5.73. The molecular weight excluding hydrogens is 320 g/mol. The summed E-state index contributed by atoms with van der Waals surface area (Å²) in [6.07, 6.45) is 6.77. The summed E-state index contributed by atoms with van der Waals surface area (Å²) < 4.78 is 6.36. The van der Waals surface area contributed by atoms with Crippen LogP contribution in [0.5, 0.6) is 0 Å². The average Bonchev–Trinajstić information content (AvgIpc) is 2.59. The van der Waals surface area contributed by atoms with Gasteiger partial charge in [-0.3, -0.25) is 9.88 Å². The van der Waals surface area contributed by atoms with Crippen LogP contribution < -0.4 is 0 Å². The highest BCUT2D eigenvalue weighted by Gasteiger charge is 2.43. The quantitative estimate of drug-likeness (QED) is 0.818. The fraction of sp³-hybridized carbons (Fsp3) is 0.450. The Morgan fingerprint density at radius 2 is 2.12 bits per heavy atom. The summed E-state index contributed by atoms with van der Waals surface area (Å²) in [5, 5.41) is 0.811. The number of benzene rings is 1. The van der Waals surface area contributed by atoms with Crippen LogP contribution in [0.25, 0.3) is 0 Å². The summed E-state index contributed by atoms with van der Waals surface area (Å²) in [6, 6.07) is 11.0. The zero-order valence-corrected chi connectivity index (χ0v) is 14.8. The first kappa shape index (κ1) is 16.1. The van der Waals surface area contributed by atoms with E-state index < -0.39 is 0 Å². The number of piperidine rings is 1. The van der Waals surface area contributed by atoms with E-state index in [1.54, 1.807) is 0 Å². The molecule has 0 radical (unpaired) electrons. The van der Waals surface area contributed by atoms with Crippen LogP contribution in [0.3, 0.4) is 0 Å². The van der Waals surface area contributed by atoms with E-state index in [1.807, 2.05) is 18.5 Å². The SMILES string of the molecule is C[C@H]1CC2(CCN1Cc1ccncc1)OCCc1ccc(Cl)cc12. The van der Waals surface area contributed by atoms with E-state index in [9.17, 15) is 0 Å². The second-order valence-corrected chi connectivity index (χ2v) is 7.46. The van der Waals surface area contributed by atoms with Crippen LogP contribution in [0.15, 0.2) is 42.7 Å². The van der Waals surface area contributed by atoms with Gasteiger partial charge in [0.1, 0.15) is 0 Å². The molecule has 0 saturated carbocycles. The van der Waals surface area contributed by atoms with Gasteiger partial charge in [-0.2, -0.15) is 0 Å². The van der Waals surface area contributed by atoms with Gasteiger partial charge in [0.05, 0.1) is 12.2 Å². The van der Waals surface area contributed by atoms with Crippen molar-refractivity contribution in [3.05, 3.63) is 64.4 Å². The van der Waals surface area contributed by atoms with Crippen LogP contribution in [0.4, 0.5) is 0 Å². The number of ether oxygens (including phenoxy) is 1. The van der Waals surface area contributed by atoms with Gasteiger partial charge < -0.3 is 4.74 Å². The first-order valence-corrected chi connectivity index (χ1v) is 9.10. The monoisotopic (exact) mass is 342 g/mol. The minimum absolute atomic E-state index is 0.160. The summed E-state index contributed by atoms with van der Waals surface area (Å²) in [5.74, 6) is 0. The molecule has 126 valence electrons. The van der Waals surface area contributed by atoms with Gasteiger partial charge in [0, 0.05) is 36.5 Å². The van der Waals surface area contributed by atoms with Crippen molar-refractivity contribution in [2.24, 2.45) is 0 Å². The molecule has 1 saturated heterocycles. The van der Waals surface area contributed by atoms with Crippen LogP contribution in [0.1, 0.15) is 36.5 Å². The molecule has 0 bridgehead atoms. The van der Waals surface area contributed by atoms with Crippen LogP contribution >= 0.6 is 11.6 Å². The van der Waals surface area contributed by atoms with Gasteiger partial charge in [0.25, 0.3) is 0 Å². The Hall–Kier alpha value is -1.42. The maximum absolute atomic E-state index is 6.36. The lowest BCUT2D eigenvalue weighted by molar-refractivity contribution is -0.113. The summed E-state index contributed by atoms with van der Waals surface area (Å²) in [4.78, 5) is 6.65. The number of halogens is 1. The predicted molar refractivity (Wildman–Crippen MR) is 96.1 cm³/mol. The van der Waals surface area contributed by atoms with E-state index in [4.69, 9.17) is 16.3 Å². The molecule has 1 spiro atoms. The molecule has 0 aliphatic carbocycles. The smallest absolute Gasteiger partial charge is 0.0961 e. The van der Waals surface area contributed by atoms with E-state index >= 15 is 0 Å². The van der Waals surface area contributed by atoms with Crippen molar-refractivity contribution in [1.29, 1.82) is 0 Å². The molecule has 24 heavy (non-hydrogen) atoms. The molecule has 2 aliphatic heterocycles. The van der Waals surface area contributed by atoms with Gasteiger partial charge in [-0.15, -0.1) is 0 Å². The Morgan fingerprint density at radius 3 is 2.92 bits per heavy atom. The highest BCUT2D eigenvalue weighted by molar-refractivity contribution is 6.30. The van der Waals surface area contributed by atoms with E-state index in [0.717, 1.165) is 44.0 Å². The van der Waals surface area contributed by atoms with Gasteiger partial charge in [-0.25, -0.2) is 0 Å². The van der Waals surface area contributed by atoms with Crippen LogP contribution in [0.2, 0.25) is 5.02 Å². The largest absolute Gasteiger partial charge is 0.370 e. The molecule has 1 aromatic carbocycles. The van der Waals surface area contributed by atoms with Crippen molar-refractivity contribution in [2.45, 2.75) is 44.4 Å². The maximum Gasteiger partial charge on any atom is 0.0961 e. The Labute approximate surface area is 148 Å². The molecule has 2 atom stereocenters. The van der Waals surface area contributed by atoms with E-state index in [2.05, 4.69) is 41.1 Å². The fourth-order valence-corrected chi connectivity index (χ4v) is 4.38. The van der Waals surface area contributed by atoms with Crippen molar-refractivity contribution in [3.63, 3.8) is 0 Å². The molecular formula is C20H23ClN2O. The fourth-order valence-electron chi connectivity index (χ4n) is 4.21. The third kappa shape index (κ3) is 2.97. The topological polar surface area (TPSA) is 25.4 Å².